The van der Waals surface area contributed by atoms with Crippen LogP contribution in [0.3, 0.4) is 0 Å². The number of unbranched alkanes of at least 4 members (excludes halogenated alkanes) is 41. The lowest BCUT2D eigenvalue weighted by molar-refractivity contribution is -0.123. The molecule has 0 saturated heterocycles. The normalized spacial score (nSPS) is 13.3. The Kier molecular flexibility index (Phi) is 64.7. The first-order chi connectivity index (χ1) is 37.7. The highest BCUT2D eigenvalue weighted by Gasteiger charge is 2.20. The largest absolute Gasteiger partial charge is 0.394 e. The molecule has 0 saturated carbocycles. The molecule has 4 nitrogen and oxygen atoms in total. The van der Waals surface area contributed by atoms with Gasteiger partial charge in [0.15, 0.2) is 0 Å². The molecule has 1 amide bonds. The highest BCUT2D eigenvalue weighted by atomic mass is 16.3. The van der Waals surface area contributed by atoms with Crippen molar-refractivity contribution in [1.82, 2.24) is 5.32 Å². The van der Waals surface area contributed by atoms with E-state index in [0.29, 0.717) is 12.8 Å². The van der Waals surface area contributed by atoms with Crippen molar-refractivity contribution < 1.29 is 15.0 Å². The van der Waals surface area contributed by atoms with Gasteiger partial charge in [-0.2, -0.15) is 0 Å². The summed E-state index contributed by atoms with van der Waals surface area (Å²) in [6, 6.07) is -0.541. The highest BCUT2D eigenvalue weighted by molar-refractivity contribution is 5.76. The summed E-state index contributed by atoms with van der Waals surface area (Å²) in [5, 5.41) is 23.5. The minimum Gasteiger partial charge on any atom is -0.394 e. The maximum absolute atomic E-state index is 12.6. The molecule has 3 N–H and O–H groups in total. The van der Waals surface area contributed by atoms with Crippen LogP contribution in [0.2, 0.25) is 0 Å². The fraction of sp³-hybridized carbons (Fsp3) is 0.792. The van der Waals surface area contributed by atoms with E-state index in [0.717, 1.165) is 70.6 Å². The van der Waals surface area contributed by atoms with Crippen molar-refractivity contribution in [2.75, 3.05) is 6.61 Å². The zero-order chi connectivity index (χ0) is 54.8. The SMILES string of the molecule is CC/C=C\C/C=C\C/C=C\C/C=C\C/C=C\C/C=C\C/C=C\CCCCCCCCCCCCCCCCCC(=O)NC(CO)C(O)CCCCCCCCCCCCCCCCCCCCCCCCCCCCC. The zero-order valence-corrected chi connectivity index (χ0v) is 51.0. The van der Waals surface area contributed by atoms with Gasteiger partial charge in [-0.3, -0.25) is 4.79 Å². The molecule has 442 valence electrons. The number of hydrogen-bond acceptors (Lipinski definition) is 3. The lowest BCUT2D eigenvalue weighted by Crippen LogP contribution is -2.45. The Morgan fingerprint density at radius 2 is 0.579 bits per heavy atom. The number of aliphatic hydroxyl groups excluding tert-OH is 2. The fourth-order valence-electron chi connectivity index (χ4n) is 10.3. The van der Waals surface area contributed by atoms with E-state index in [2.05, 4.69) is 104 Å². The molecule has 4 heteroatoms. The molecule has 0 bridgehead atoms. The van der Waals surface area contributed by atoms with Crippen LogP contribution in [0.25, 0.3) is 0 Å². The summed E-state index contributed by atoms with van der Waals surface area (Å²) in [6.45, 7) is 4.28. The number of carbonyl (C=O) groups excluding carboxylic acids is 1. The van der Waals surface area contributed by atoms with E-state index in [4.69, 9.17) is 0 Å². The molecule has 76 heavy (non-hydrogen) atoms. The molecule has 0 fully saturated rings. The molecule has 0 aromatic carbocycles. The first kappa shape index (κ1) is 73.6. The maximum atomic E-state index is 12.6. The van der Waals surface area contributed by atoms with E-state index in [1.165, 1.54) is 250 Å². The molecular weight excluding hydrogens is 927 g/mol. The molecule has 0 aromatic rings. The predicted molar refractivity (Wildman–Crippen MR) is 340 cm³/mol. The van der Waals surface area contributed by atoms with E-state index in [-0.39, 0.29) is 12.5 Å². The van der Waals surface area contributed by atoms with E-state index in [9.17, 15) is 15.0 Å². The Morgan fingerprint density at radius 1 is 0.329 bits per heavy atom. The summed E-state index contributed by atoms with van der Waals surface area (Å²) < 4.78 is 0. The van der Waals surface area contributed by atoms with Gasteiger partial charge in [0.2, 0.25) is 5.91 Å². The van der Waals surface area contributed by atoms with Crippen molar-refractivity contribution in [2.45, 2.75) is 360 Å². The molecule has 2 atom stereocenters. The zero-order valence-electron chi connectivity index (χ0n) is 51.0. The molecule has 0 heterocycles. The summed E-state index contributed by atoms with van der Waals surface area (Å²) in [5.41, 5.74) is 0. The quantitative estimate of drug-likeness (QED) is 0.0420. The van der Waals surface area contributed by atoms with Crippen molar-refractivity contribution in [3.05, 3.63) is 85.1 Å². The number of rotatable bonds is 62. The topological polar surface area (TPSA) is 69.6 Å². The molecule has 0 aromatic heterocycles. The summed E-state index contributed by atoms with van der Waals surface area (Å²) >= 11 is 0. The van der Waals surface area contributed by atoms with Crippen LogP contribution in [-0.4, -0.2) is 34.9 Å². The fourth-order valence-corrected chi connectivity index (χ4v) is 10.3. The van der Waals surface area contributed by atoms with Crippen LogP contribution in [0.15, 0.2) is 85.1 Å². The Labute approximate surface area is 475 Å². The number of hydrogen-bond donors (Lipinski definition) is 3. The average Bonchev–Trinajstić information content (AvgIpc) is 3.42. The number of aliphatic hydroxyl groups is 2. The van der Waals surface area contributed by atoms with Crippen molar-refractivity contribution in [2.24, 2.45) is 0 Å². The second-order valence-corrected chi connectivity index (χ2v) is 22.9. The van der Waals surface area contributed by atoms with Crippen LogP contribution >= 0.6 is 0 Å². The van der Waals surface area contributed by atoms with E-state index in [1.54, 1.807) is 0 Å². The van der Waals surface area contributed by atoms with Crippen LogP contribution in [0, 0.1) is 0 Å². The van der Waals surface area contributed by atoms with Gasteiger partial charge in [-0.25, -0.2) is 0 Å². The van der Waals surface area contributed by atoms with Crippen LogP contribution in [0.5, 0.6) is 0 Å². The van der Waals surface area contributed by atoms with Gasteiger partial charge < -0.3 is 15.5 Å². The van der Waals surface area contributed by atoms with E-state index < -0.39 is 12.1 Å². The Hall–Kier alpha value is -2.43. The Bertz CT molecular complexity index is 1340. The van der Waals surface area contributed by atoms with Gasteiger partial charge in [-0.1, -0.05) is 356 Å². The predicted octanol–water partition coefficient (Wildman–Crippen LogP) is 23.0. The third-order valence-corrected chi connectivity index (χ3v) is 15.4. The minimum absolute atomic E-state index is 0.0288. The van der Waals surface area contributed by atoms with Gasteiger partial charge >= 0.3 is 0 Å². The number of amides is 1. The Balaban J connectivity index is 3.46. The number of nitrogens with one attached hydrogen (secondary N) is 1. The van der Waals surface area contributed by atoms with Crippen molar-refractivity contribution in [3.8, 4) is 0 Å². The molecule has 0 aliphatic heterocycles. The molecule has 0 rings (SSSR count). The van der Waals surface area contributed by atoms with Crippen molar-refractivity contribution >= 4 is 5.91 Å². The summed E-state index contributed by atoms with van der Waals surface area (Å²) in [5.74, 6) is -0.0288. The standard InChI is InChI=1S/C72H131NO3/c1-3-5-7-9-11-13-15-17-19-21-23-25-27-29-31-32-33-34-35-36-37-38-39-40-42-44-46-48-50-52-54-56-58-60-62-64-66-68-72(76)73-70(69-74)71(75)67-65-63-61-59-57-55-53-51-49-47-45-43-41-30-28-26-24-22-20-18-16-14-12-10-8-6-4-2/h5,7,11,13,17,19,23,25,29,31,33-34,36-37,70-71,74-75H,3-4,6,8-10,12,14-16,18,20-22,24,26-28,30,32,35,38-69H2,1-2H3,(H,73,76)/b7-5-,13-11-,19-17-,25-23-,31-29-,34-33-,37-36-. The lowest BCUT2D eigenvalue weighted by Gasteiger charge is -2.22. The smallest absolute Gasteiger partial charge is 0.220 e. The molecule has 0 spiro atoms. The van der Waals surface area contributed by atoms with E-state index >= 15 is 0 Å². The van der Waals surface area contributed by atoms with Gasteiger partial charge in [0.25, 0.3) is 0 Å². The van der Waals surface area contributed by atoms with Crippen LogP contribution in [-0.2, 0) is 4.79 Å². The number of carbonyl (C=O) groups is 1. The molecule has 0 radical (unpaired) electrons. The second kappa shape index (κ2) is 66.8. The van der Waals surface area contributed by atoms with Crippen LogP contribution in [0.1, 0.15) is 348 Å². The summed E-state index contributed by atoms with van der Waals surface area (Å²) in [4.78, 5) is 12.6. The number of allylic oxidation sites excluding steroid dienone is 14. The Morgan fingerprint density at radius 3 is 0.868 bits per heavy atom. The lowest BCUT2D eigenvalue weighted by atomic mass is 10.0. The summed E-state index contributed by atoms with van der Waals surface area (Å²) in [7, 11) is 0. The highest BCUT2D eigenvalue weighted by Crippen LogP contribution is 2.18. The van der Waals surface area contributed by atoms with E-state index in [1.807, 2.05) is 0 Å². The van der Waals surface area contributed by atoms with Gasteiger partial charge in [0, 0.05) is 6.42 Å². The minimum atomic E-state index is -0.664. The molecule has 0 aliphatic rings. The third-order valence-electron chi connectivity index (χ3n) is 15.4. The van der Waals surface area contributed by atoms with Gasteiger partial charge in [-0.05, 0) is 70.6 Å². The molecule has 2 unspecified atom stereocenters. The molecule has 0 aliphatic carbocycles. The first-order valence-electron chi connectivity index (χ1n) is 33.8. The van der Waals surface area contributed by atoms with Crippen LogP contribution < -0.4 is 5.32 Å². The van der Waals surface area contributed by atoms with Gasteiger partial charge in [0.05, 0.1) is 18.8 Å². The molecular formula is C72H131NO3. The van der Waals surface area contributed by atoms with Gasteiger partial charge in [-0.15, -0.1) is 0 Å². The second-order valence-electron chi connectivity index (χ2n) is 22.9. The van der Waals surface area contributed by atoms with Gasteiger partial charge in [0.1, 0.15) is 0 Å². The maximum Gasteiger partial charge on any atom is 0.220 e. The van der Waals surface area contributed by atoms with Crippen molar-refractivity contribution in [1.29, 1.82) is 0 Å². The average molecular weight is 1060 g/mol. The third kappa shape index (κ3) is 62.4. The first-order valence-corrected chi connectivity index (χ1v) is 33.8. The monoisotopic (exact) mass is 1060 g/mol. The van der Waals surface area contributed by atoms with Crippen LogP contribution in [0.4, 0.5) is 0 Å². The van der Waals surface area contributed by atoms with Crippen molar-refractivity contribution in [3.63, 3.8) is 0 Å². The summed E-state index contributed by atoms with van der Waals surface area (Å²) in [6.07, 6.45) is 97.6.